The molecule has 0 aliphatic carbocycles. The van der Waals surface area contributed by atoms with Crippen molar-refractivity contribution < 1.29 is 9.18 Å². The normalized spacial score (nSPS) is 10.4. The first-order valence-electron chi connectivity index (χ1n) is 5.18. The molecule has 0 saturated heterocycles. The topological polar surface area (TPSA) is 60.9 Å². The molecule has 0 aliphatic heterocycles. The summed E-state index contributed by atoms with van der Waals surface area (Å²) in [7, 11) is 0. The maximum Gasteiger partial charge on any atom is 0.237 e. The molecule has 0 bridgehead atoms. The van der Waals surface area contributed by atoms with E-state index in [0.29, 0.717) is 6.42 Å². The van der Waals surface area contributed by atoms with E-state index in [4.69, 9.17) is 5.73 Å². The molecule has 1 amide bonds. The predicted octanol–water partition coefficient (Wildman–Crippen LogP) is 1.10. The Bertz CT molecular complexity index is 519. The van der Waals surface area contributed by atoms with E-state index in [-0.39, 0.29) is 12.4 Å². The number of benzene rings is 1. The number of imidazole rings is 1. The quantitative estimate of drug-likeness (QED) is 0.859. The van der Waals surface area contributed by atoms with E-state index in [1.54, 1.807) is 29.1 Å². The van der Waals surface area contributed by atoms with Crippen LogP contribution in [0.4, 0.5) is 4.39 Å². The zero-order valence-electron chi connectivity index (χ0n) is 9.14. The molecule has 0 fully saturated rings. The molecule has 1 heterocycles. The SMILES string of the molecule is NC(=O)Cn1ccnc1Cc1ccc(F)cc1. The Labute approximate surface area is 97.9 Å². The van der Waals surface area contributed by atoms with Crippen molar-refractivity contribution in [2.45, 2.75) is 13.0 Å². The molecule has 0 saturated carbocycles. The second kappa shape index (κ2) is 4.78. The maximum atomic E-state index is 12.7. The van der Waals surface area contributed by atoms with Gasteiger partial charge in [0.1, 0.15) is 18.2 Å². The summed E-state index contributed by atoms with van der Waals surface area (Å²) in [6, 6.07) is 6.19. The zero-order valence-corrected chi connectivity index (χ0v) is 9.14. The van der Waals surface area contributed by atoms with Crippen LogP contribution in [0, 0.1) is 5.82 Å². The summed E-state index contributed by atoms with van der Waals surface area (Å²) in [5, 5.41) is 0. The van der Waals surface area contributed by atoms with E-state index in [1.165, 1.54) is 12.1 Å². The Morgan fingerprint density at radius 2 is 2.06 bits per heavy atom. The van der Waals surface area contributed by atoms with Crippen LogP contribution in [0.25, 0.3) is 0 Å². The van der Waals surface area contributed by atoms with Gasteiger partial charge in [-0.25, -0.2) is 9.37 Å². The summed E-state index contributed by atoms with van der Waals surface area (Å²) in [6.45, 7) is 0.108. The molecule has 4 nitrogen and oxygen atoms in total. The van der Waals surface area contributed by atoms with Gasteiger partial charge in [0, 0.05) is 18.8 Å². The van der Waals surface area contributed by atoms with Crippen molar-refractivity contribution in [1.29, 1.82) is 0 Å². The van der Waals surface area contributed by atoms with Gasteiger partial charge in [0.2, 0.25) is 5.91 Å². The van der Waals surface area contributed by atoms with Crippen LogP contribution in [0.1, 0.15) is 11.4 Å². The van der Waals surface area contributed by atoms with Crippen molar-refractivity contribution in [3.8, 4) is 0 Å². The van der Waals surface area contributed by atoms with Gasteiger partial charge in [-0.3, -0.25) is 4.79 Å². The summed E-state index contributed by atoms with van der Waals surface area (Å²) in [5.74, 6) is 0.0491. The van der Waals surface area contributed by atoms with Gasteiger partial charge in [0.25, 0.3) is 0 Å². The van der Waals surface area contributed by atoms with Crippen molar-refractivity contribution in [2.24, 2.45) is 5.73 Å². The van der Waals surface area contributed by atoms with Crippen molar-refractivity contribution in [3.05, 3.63) is 53.9 Å². The average molecular weight is 233 g/mol. The number of nitrogens with two attached hydrogens (primary N) is 1. The molecular formula is C12H12FN3O. The lowest BCUT2D eigenvalue weighted by Crippen LogP contribution is -2.19. The van der Waals surface area contributed by atoms with Gasteiger partial charge in [0.15, 0.2) is 0 Å². The number of nitrogens with zero attached hydrogens (tertiary/aromatic N) is 2. The third kappa shape index (κ3) is 2.90. The Hall–Kier alpha value is -2.17. The summed E-state index contributed by atoms with van der Waals surface area (Å²) >= 11 is 0. The number of carbonyl (C=O) groups excluding carboxylic acids is 1. The fraction of sp³-hybridized carbons (Fsp3) is 0.167. The summed E-state index contributed by atoms with van der Waals surface area (Å²) in [5.41, 5.74) is 6.06. The summed E-state index contributed by atoms with van der Waals surface area (Å²) < 4.78 is 14.4. The lowest BCUT2D eigenvalue weighted by molar-refractivity contribution is -0.118. The van der Waals surface area contributed by atoms with E-state index in [2.05, 4.69) is 4.98 Å². The second-order valence-electron chi connectivity index (χ2n) is 3.74. The largest absolute Gasteiger partial charge is 0.368 e. The first-order valence-corrected chi connectivity index (χ1v) is 5.18. The van der Waals surface area contributed by atoms with Gasteiger partial charge in [-0.05, 0) is 17.7 Å². The molecule has 88 valence electrons. The fourth-order valence-electron chi connectivity index (χ4n) is 1.60. The smallest absolute Gasteiger partial charge is 0.237 e. The molecule has 2 rings (SSSR count). The zero-order chi connectivity index (χ0) is 12.3. The third-order valence-electron chi connectivity index (χ3n) is 2.40. The highest BCUT2D eigenvalue weighted by Gasteiger charge is 2.06. The molecular weight excluding hydrogens is 221 g/mol. The Morgan fingerprint density at radius 1 is 1.35 bits per heavy atom. The van der Waals surface area contributed by atoms with Crippen molar-refractivity contribution in [2.75, 3.05) is 0 Å². The first-order chi connectivity index (χ1) is 8.15. The number of hydrogen-bond acceptors (Lipinski definition) is 2. The highest BCUT2D eigenvalue weighted by Crippen LogP contribution is 2.09. The van der Waals surface area contributed by atoms with Crippen LogP contribution in [0.5, 0.6) is 0 Å². The number of rotatable bonds is 4. The van der Waals surface area contributed by atoms with E-state index < -0.39 is 5.91 Å². The lowest BCUT2D eigenvalue weighted by Gasteiger charge is -2.05. The van der Waals surface area contributed by atoms with Crippen LogP contribution in [-0.4, -0.2) is 15.5 Å². The highest BCUT2D eigenvalue weighted by molar-refractivity contribution is 5.73. The fourth-order valence-corrected chi connectivity index (χ4v) is 1.60. The summed E-state index contributed by atoms with van der Waals surface area (Å²) in [4.78, 5) is 15.0. The van der Waals surface area contributed by atoms with Crippen LogP contribution in [0.3, 0.4) is 0 Å². The van der Waals surface area contributed by atoms with E-state index in [1.807, 2.05) is 0 Å². The van der Waals surface area contributed by atoms with E-state index >= 15 is 0 Å². The van der Waals surface area contributed by atoms with E-state index in [0.717, 1.165) is 11.4 Å². The predicted molar refractivity (Wildman–Crippen MR) is 60.6 cm³/mol. The van der Waals surface area contributed by atoms with Gasteiger partial charge in [-0.2, -0.15) is 0 Å². The lowest BCUT2D eigenvalue weighted by atomic mass is 10.1. The second-order valence-corrected chi connectivity index (χ2v) is 3.74. The van der Waals surface area contributed by atoms with Crippen molar-refractivity contribution in [3.63, 3.8) is 0 Å². The van der Waals surface area contributed by atoms with Crippen molar-refractivity contribution in [1.82, 2.24) is 9.55 Å². The van der Waals surface area contributed by atoms with Crippen LogP contribution < -0.4 is 5.73 Å². The molecule has 0 aliphatic rings. The minimum absolute atomic E-state index is 0.108. The molecule has 1 aromatic heterocycles. The first kappa shape index (κ1) is 11.3. The molecule has 17 heavy (non-hydrogen) atoms. The number of halogens is 1. The maximum absolute atomic E-state index is 12.7. The van der Waals surface area contributed by atoms with Crippen LogP contribution >= 0.6 is 0 Å². The molecule has 5 heteroatoms. The molecule has 0 atom stereocenters. The Kier molecular flexibility index (Phi) is 3.18. The van der Waals surface area contributed by atoms with Gasteiger partial charge in [-0.15, -0.1) is 0 Å². The van der Waals surface area contributed by atoms with Crippen LogP contribution in [0.15, 0.2) is 36.7 Å². The summed E-state index contributed by atoms with van der Waals surface area (Å²) in [6.07, 6.45) is 3.85. The van der Waals surface area contributed by atoms with Gasteiger partial charge in [-0.1, -0.05) is 12.1 Å². The number of amides is 1. The average Bonchev–Trinajstić information content (AvgIpc) is 2.68. The molecule has 1 aromatic carbocycles. The van der Waals surface area contributed by atoms with Crippen LogP contribution in [0.2, 0.25) is 0 Å². The Balaban J connectivity index is 2.15. The van der Waals surface area contributed by atoms with E-state index in [9.17, 15) is 9.18 Å². The number of hydrogen-bond donors (Lipinski definition) is 1. The molecule has 0 spiro atoms. The minimum Gasteiger partial charge on any atom is -0.368 e. The molecule has 0 radical (unpaired) electrons. The van der Waals surface area contributed by atoms with Gasteiger partial charge in [0.05, 0.1) is 0 Å². The van der Waals surface area contributed by atoms with Gasteiger partial charge < -0.3 is 10.3 Å². The minimum atomic E-state index is -0.414. The highest BCUT2D eigenvalue weighted by atomic mass is 19.1. The molecule has 2 aromatic rings. The third-order valence-corrected chi connectivity index (χ3v) is 2.40. The number of primary amides is 1. The number of aromatic nitrogens is 2. The number of carbonyl (C=O) groups is 1. The monoisotopic (exact) mass is 233 g/mol. The Morgan fingerprint density at radius 3 is 2.71 bits per heavy atom. The van der Waals surface area contributed by atoms with Crippen molar-refractivity contribution >= 4 is 5.91 Å². The molecule has 2 N–H and O–H groups in total. The standard InChI is InChI=1S/C12H12FN3O/c13-10-3-1-9(2-4-10)7-12-15-5-6-16(12)8-11(14)17/h1-6H,7-8H2,(H2,14,17). The van der Waals surface area contributed by atoms with Gasteiger partial charge >= 0.3 is 0 Å². The van der Waals surface area contributed by atoms with Crippen LogP contribution in [-0.2, 0) is 17.8 Å². The molecule has 0 unspecified atom stereocenters.